The van der Waals surface area contributed by atoms with Crippen molar-refractivity contribution in [2.45, 2.75) is 19.9 Å². The zero-order valence-corrected chi connectivity index (χ0v) is 9.82. The lowest BCUT2D eigenvalue weighted by molar-refractivity contribution is 0.112. The van der Waals surface area contributed by atoms with Crippen LogP contribution in [0.3, 0.4) is 0 Å². The molecule has 2 rings (SSSR count). The van der Waals surface area contributed by atoms with E-state index in [1.54, 1.807) is 7.11 Å². The van der Waals surface area contributed by atoms with Gasteiger partial charge in [-0.1, -0.05) is 6.92 Å². The molecular formula is C13H17NO2. The third-order valence-electron chi connectivity index (χ3n) is 3.28. The molecule has 3 heteroatoms. The van der Waals surface area contributed by atoms with Crippen LogP contribution in [0.2, 0.25) is 0 Å². The number of carbonyl (C=O) groups is 1. The fourth-order valence-electron chi connectivity index (χ4n) is 2.29. The second-order valence-electron chi connectivity index (χ2n) is 4.05. The monoisotopic (exact) mass is 219 g/mol. The average molecular weight is 219 g/mol. The first-order valence-electron chi connectivity index (χ1n) is 5.66. The van der Waals surface area contributed by atoms with Crippen molar-refractivity contribution in [3.63, 3.8) is 0 Å². The lowest BCUT2D eigenvalue weighted by atomic mass is 9.94. The zero-order valence-electron chi connectivity index (χ0n) is 9.82. The van der Waals surface area contributed by atoms with Gasteiger partial charge in [-0.15, -0.1) is 0 Å². The van der Waals surface area contributed by atoms with E-state index in [0.29, 0.717) is 0 Å². The van der Waals surface area contributed by atoms with Gasteiger partial charge in [0.2, 0.25) is 0 Å². The van der Waals surface area contributed by atoms with Crippen LogP contribution in [0.25, 0.3) is 0 Å². The van der Waals surface area contributed by atoms with Crippen molar-refractivity contribution in [2.24, 2.45) is 0 Å². The lowest BCUT2D eigenvalue weighted by Crippen LogP contribution is -2.31. The summed E-state index contributed by atoms with van der Waals surface area (Å²) in [6, 6.07) is 3.74. The highest BCUT2D eigenvalue weighted by Crippen LogP contribution is 2.29. The zero-order chi connectivity index (χ0) is 11.5. The predicted octanol–water partition coefficient (Wildman–Crippen LogP) is 1.89. The van der Waals surface area contributed by atoms with Gasteiger partial charge in [-0.25, -0.2) is 0 Å². The van der Waals surface area contributed by atoms with Gasteiger partial charge in [0, 0.05) is 24.2 Å². The Morgan fingerprint density at radius 3 is 2.88 bits per heavy atom. The minimum Gasteiger partial charge on any atom is -0.496 e. The molecule has 1 aromatic rings. The van der Waals surface area contributed by atoms with Crippen LogP contribution in [0.4, 0.5) is 0 Å². The number of benzene rings is 1. The van der Waals surface area contributed by atoms with Crippen LogP contribution in [0.1, 0.15) is 28.4 Å². The minimum absolute atomic E-state index is 0.800. The third kappa shape index (κ3) is 1.83. The summed E-state index contributed by atoms with van der Waals surface area (Å²) in [5, 5.41) is 0. The van der Waals surface area contributed by atoms with Crippen molar-refractivity contribution >= 4 is 6.29 Å². The molecule has 1 aliphatic rings. The molecule has 0 aromatic heterocycles. The number of nitrogens with zero attached hydrogens (tertiary/aromatic N) is 1. The molecule has 0 bridgehead atoms. The van der Waals surface area contributed by atoms with Crippen molar-refractivity contribution < 1.29 is 9.53 Å². The summed E-state index contributed by atoms with van der Waals surface area (Å²) in [6.07, 6.45) is 1.91. The van der Waals surface area contributed by atoms with Crippen LogP contribution in [0.5, 0.6) is 5.75 Å². The Bertz CT molecular complexity index is 401. The molecule has 0 aliphatic carbocycles. The molecule has 16 heavy (non-hydrogen) atoms. The number of likely N-dealkylation sites (N-methyl/N-ethyl adjacent to an activating group) is 1. The SMILES string of the molecule is CCN1CCc2c(OC)ccc(C=O)c2C1. The molecule has 0 atom stereocenters. The number of hydrogen-bond donors (Lipinski definition) is 0. The van der Waals surface area contributed by atoms with Gasteiger partial charge in [0.05, 0.1) is 7.11 Å². The van der Waals surface area contributed by atoms with Crippen molar-refractivity contribution in [3.05, 3.63) is 28.8 Å². The van der Waals surface area contributed by atoms with Gasteiger partial charge >= 0.3 is 0 Å². The normalized spacial score (nSPS) is 15.6. The summed E-state index contributed by atoms with van der Waals surface area (Å²) in [4.78, 5) is 13.4. The number of aldehydes is 1. The standard InChI is InChI=1S/C13H17NO2/c1-3-14-7-6-11-12(8-14)10(9-15)4-5-13(11)16-2/h4-5,9H,3,6-8H2,1-2H3. The third-order valence-corrected chi connectivity index (χ3v) is 3.28. The summed E-state index contributed by atoms with van der Waals surface area (Å²) < 4.78 is 5.35. The van der Waals surface area contributed by atoms with E-state index in [1.807, 2.05) is 12.1 Å². The smallest absolute Gasteiger partial charge is 0.150 e. The highest BCUT2D eigenvalue weighted by molar-refractivity contribution is 5.79. The van der Waals surface area contributed by atoms with E-state index < -0.39 is 0 Å². The van der Waals surface area contributed by atoms with Gasteiger partial charge in [0.25, 0.3) is 0 Å². The van der Waals surface area contributed by atoms with Crippen LogP contribution in [-0.4, -0.2) is 31.4 Å². The van der Waals surface area contributed by atoms with Gasteiger partial charge in [0.1, 0.15) is 12.0 Å². The van der Waals surface area contributed by atoms with Crippen molar-refractivity contribution in [3.8, 4) is 5.75 Å². The first-order valence-corrected chi connectivity index (χ1v) is 5.66. The van der Waals surface area contributed by atoms with Crippen molar-refractivity contribution in [2.75, 3.05) is 20.2 Å². The summed E-state index contributed by atoms with van der Waals surface area (Å²) in [6.45, 7) is 5.07. The van der Waals surface area contributed by atoms with Crippen LogP contribution >= 0.6 is 0 Å². The first kappa shape index (κ1) is 11.1. The maximum Gasteiger partial charge on any atom is 0.150 e. The Morgan fingerprint density at radius 2 is 2.25 bits per heavy atom. The van der Waals surface area contributed by atoms with E-state index in [0.717, 1.165) is 49.2 Å². The second-order valence-corrected chi connectivity index (χ2v) is 4.05. The largest absolute Gasteiger partial charge is 0.496 e. The fourth-order valence-corrected chi connectivity index (χ4v) is 2.29. The summed E-state index contributed by atoms with van der Waals surface area (Å²) in [5.41, 5.74) is 3.15. The van der Waals surface area contributed by atoms with Crippen LogP contribution in [0.15, 0.2) is 12.1 Å². The highest BCUT2D eigenvalue weighted by atomic mass is 16.5. The minimum atomic E-state index is 0.800. The molecule has 0 radical (unpaired) electrons. The molecule has 1 heterocycles. The maximum absolute atomic E-state index is 11.0. The Balaban J connectivity index is 2.46. The van der Waals surface area contributed by atoms with Crippen LogP contribution < -0.4 is 4.74 Å². The van der Waals surface area contributed by atoms with E-state index >= 15 is 0 Å². The van der Waals surface area contributed by atoms with E-state index in [2.05, 4.69) is 11.8 Å². The number of fused-ring (bicyclic) bond motifs is 1. The van der Waals surface area contributed by atoms with Gasteiger partial charge in [-0.2, -0.15) is 0 Å². The van der Waals surface area contributed by atoms with Crippen molar-refractivity contribution in [1.29, 1.82) is 0 Å². The predicted molar refractivity (Wildman–Crippen MR) is 63.0 cm³/mol. The Morgan fingerprint density at radius 1 is 1.44 bits per heavy atom. The van der Waals surface area contributed by atoms with Gasteiger partial charge < -0.3 is 4.74 Å². The molecule has 0 unspecified atom stereocenters. The summed E-state index contributed by atoms with van der Waals surface area (Å²) in [5.74, 6) is 0.913. The molecule has 0 spiro atoms. The number of carbonyl (C=O) groups excluding carboxylic acids is 1. The van der Waals surface area contributed by atoms with E-state index in [1.165, 1.54) is 5.56 Å². The Kier molecular flexibility index (Phi) is 3.25. The van der Waals surface area contributed by atoms with Crippen molar-refractivity contribution in [1.82, 2.24) is 4.90 Å². The van der Waals surface area contributed by atoms with Gasteiger partial charge in [0.15, 0.2) is 0 Å². The molecule has 0 fully saturated rings. The number of methoxy groups -OCH3 is 1. The molecule has 0 amide bonds. The van der Waals surface area contributed by atoms with Gasteiger partial charge in [-0.05, 0) is 30.7 Å². The molecule has 1 aliphatic heterocycles. The van der Waals surface area contributed by atoms with E-state index in [4.69, 9.17) is 4.74 Å². The van der Waals surface area contributed by atoms with E-state index in [9.17, 15) is 4.79 Å². The molecule has 3 nitrogen and oxygen atoms in total. The number of rotatable bonds is 3. The van der Waals surface area contributed by atoms with E-state index in [-0.39, 0.29) is 0 Å². The average Bonchev–Trinajstić information content (AvgIpc) is 2.36. The quantitative estimate of drug-likeness (QED) is 0.727. The van der Waals surface area contributed by atoms with Gasteiger partial charge in [-0.3, -0.25) is 9.69 Å². The molecule has 0 N–H and O–H groups in total. The molecule has 0 saturated carbocycles. The summed E-state index contributed by atoms with van der Waals surface area (Å²) in [7, 11) is 1.68. The first-order chi connectivity index (χ1) is 7.80. The maximum atomic E-state index is 11.0. The number of ether oxygens (including phenoxy) is 1. The second kappa shape index (κ2) is 4.66. The lowest BCUT2D eigenvalue weighted by Gasteiger charge is -2.29. The Hall–Kier alpha value is -1.35. The Labute approximate surface area is 96.0 Å². The fraction of sp³-hybridized carbons (Fsp3) is 0.462. The number of hydrogen-bond acceptors (Lipinski definition) is 3. The topological polar surface area (TPSA) is 29.5 Å². The highest BCUT2D eigenvalue weighted by Gasteiger charge is 2.20. The molecule has 0 saturated heterocycles. The summed E-state index contributed by atoms with van der Waals surface area (Å²) >= 11 is 0. The van der Waals surface area contributed by atoms with Crippen LogP contribution in [-0.2, 0) is 13.0 Å². The molecule has 86 valence electrons. The molecular weight excluding hydrogens is 202 g/mol. The molecule has 1 aromatic carbocycles. The van der Waals surface area contributed by atoms with Crippen LogP contribution in [0, 0.1) is 0 Å².